The topological polar surface area (TPSA) is 69.0 Å². The SMILES string of the molecule is CCOC(=O)c1cc(NC2CCC(F)(F)CC2)nc(-n2ccc(C(F)(F)F)n2)c1. The summed E-state index contributed by atoms with van der Waals surface area (Å²) in [5.74, 6) is -3.25. The fourth-order valence-electron chi connectivity index (χ4n) is 3.04. The number of halogens is 5. The standard InChI is InChI=1S/C18H19F5N4O2/c1-2-29-16(28)11-9-14(24-12-3-6-17(19,20)7-4-12)25-15(10-11)27-8-5-13(26-27)18(21,22)23/h5,8-10,12H,2-4,6-7H2,1H3,(H,24,25). The molecule has 0 aliphatic heterocycles. The van der Waals surface area contributed by atoms with Gasteiger partial charge in [0.25, 0.3) is 0 Å². The van der Waals surface area contributed by atoms with Crippen LogP contribution in [0.15, 0.2) is 24.4 Å². The van der Waals surface area contributed by atoms with Crippen LogP contribution in [0, 0.1) is 0 Å². The molecule has 1 aliphatic carbocycles. The number of nitrogens with one attached hydrogen (secondary N) is 1. The molecule has 158 valence electrons. The summed E-state index contributed by atoms with van der Waals surface area (Å²) in [5.41, 5.74) is -1.05. The molecular formula is C18H19F5N4O2. The Bertz CT molecular complexity index is 871. The van der Waals surface area contributed by atoms with Gasteiger partial charge in [0.2, 0.25) is 5.92 Å². The Labute approximate surface area is 163 Å². The first-order valence-corrected chi connectivity index (χ1v) is 9.04. The quantitative estimate of drug-likeness (QED) is 0.574. The van der Waals surface area contributed by atoms with Gasteiger partial charge in [0.05, 0.1) is 12.2 Å². The van der Waals surface area contributed by atoms with Crippen molar-refractivity contribution in [3.8, 4) is 5.82 Å². The molecule has 2 aromatic heterocycles. The largest absolute Gasteiger partial charge is 0.462 e. The molecule has 11 heteroatoms. The van der Waals surface area contributed by atoms with E-state index in [1.807, 2.05) is 0 Å². The third-order valence-electron chi connectivity index (χ3n) is 4.51. The summed E-state index contributed by atoms with van der Waals surface area (Å²) in [6.45, 7) is 1.72. The summed E-state index contributed by atoms with van der Waals surface area (Å²) in [6.07, 6.45) is -3.70. The van der Waals surface area contributed by atoms with Crippen molar-refractivity contribution in [1.29, 1.82) is 0 Å². The van der Waals surface area contributed by atoms with Gasteiger partial charge in [0.15, 0.2) is 11.5 Å². The van der Waals surface area contributed by atoms with E-state index in [2.05, 4.69) is 15.4 Å². The zero-order chi connectivity index (χ0) is 21.2. The number of hydrogen-bond acceptors (Lipinski definition) is 5. The van der Waals surface area contributed by atoms with Crippen LogP contribution in [0.1, 0.15) is 48.7 Å². The number of ether oxygens (including phenoxy) is 1. The lowest BCUT2D eigenvalue weighted by Gasteiger charge is -2.29. The number of pyridine rings is 1. The number of esters is 1. The van der Waals surface area contributed by atoms with E-state index in [-0.39, 0.29) is 55.5 Å². The second kappa shape index (κ2) is 7.96. The lowest BCUT2D eigenvalue weighted by molar-refractivity contribution is -0.141. The van der Waals surface area contributed by atoms with Crippen LogP contribution >= 0.6 is 0 Å². The van der Waals surface area contributed by atoms with Crippen LogP contribution in [-0.4, -0.2) is 39.3 Å². The lowest BCUT2D eigenvalue weighted by atomic mass is 9.92. The van der Waals surface area contributed by atoms with E-state index in [0.29, 0.717) is 0 Å². The summed E-state index contributed by atoms with van der Waals surface area (Å²) in [5, 5.41) is 6.44. The van der Waals surface area contributed by atoms with Crippen LogP contribution < -0.4 is 5.32 Å². The van der Waals surface area contributed by atoms with Gasteiger partial charge in [-0.05, 0) is 38.0 Å². The van der Waals surface area contributed by atoms with Crippen molar-refractivity contribution in [2.45, 2.75) is 50.7 Å². The van der Waals surface area contributed by atoms with Crippen molar-refractivity contribution < 1.29 is 31.5 Å². The Hall–Kier alpha value is -2.72. The molecule has 0 aromatic carbocycles. The average Bonchev–Trinajstić information content (AvgIpc) is 3.14. The number of anilines is 1. The molecule has 2 aromatic rings. The molecule has 1 aliphatic rings. The fourth-order valence-corrected chi connectivity index (χ4v) is 3.04. The molecule has 0 spiro atoms. The van der Waals surface area contributed by atoms with Gasteiger partial charge in [-0.3, -0.25) is 0 Å². The van der Waals surface area contributed by atoms with Crippen molar-refractivity contribution >= 4 is 11.8 Å². The molecule has 2 heterocycles. The van der Waals surface area contributed by atoms with Crippen molar-refractivity contribution in [3.05, 3.63) is 35.7 Å². The van der Waals surface area contributed by atoms with Gasteiger partial charge in [-0.2, -0.15) is 18.3 Å². The number of rotatable bonds is 5. The molecule has 0 amide bonds. The third kappa shape index (κ3) is 5.21. The van der Waals surface area contributed by atoms with E-state index in [4.69, 9.17) is 4.74 Å². The Morgan fingerprint density at radius 3 is 2.59 bits per heavy atom. The van der Waals surface area contributed by atoms with Crippen LogP contribution in [0.2, 0.25) is 0 Å². The van der Waals surface area contributed by atoms with E-state index in [1.165, 1.54) is 12.1 Å². The minimum absolute atomic E-state index is 0.0327. The predicted molar refractivity (Wildman–Crippen MR) is 93.1 cm³/mol. The van der Waals surface area contributed by atoms with Crippen LogP contribution in [0.5, 0.6) is 0 Å². The highest BCUT2D eigenvalue weighted by Gasteiger charge is 2.35. The second-order valence-electron chi connectivity index (χ2n) is 6.74. The minimum Gasteiger partial charge on any atom is -0.462 e. The summed E-state index contributed by atoms with van der Waals surface area (Å²) in [6, 6.07) is 3.12. The monoisotopic (exact) mass is 418 g/mol. The van der Waals surface area contributed by atoms with Gasteiger partial charge >= 0.3 is 12.1 Å². The first kappa shape index (κ1) is 21.0. The zero-order valence-electron chi connectivity index (χ0n) is 15.5. The van der Waals surface area contributed by atoms with Crippen molar-refractivity contribution in [2.24, 2.45) is 0 Å². The number of carbonyl (C=O) groups is 1. The molecule has 1 N–H and O–H groups in total. The van der Waals surface area contributed by atoms with E-state index in [0.717, 1.165) is 16.9 Å². The van der Waals surface area contributed by atoms with E-state index >= 15 is 0 Å². The predicted octanol–water partition coefficient (Wildman–Crippen LogP) is 4.45. The summed E-state index contributed by atoms with van der Waals surface area (Å²) in [4.78, 5) is 16.3. The first-order valence-electron chi connectivity index (χ1n) is 9.04. The van der Waals surface area contributed by atoms with Crippen molar-refractivity contribution in [3.63, 3.8) is 0 Å². The van der Waals surface area contributed by atoms with Crippen molar-refractivity contribution in [2.75, 3.05) is 11.9 Å². The highest BCUT2D eigenvalue weighted by Crippen LogP contribution is 2.34. The molecule has 1 saturated carbocycles. The molecule has 3 rings (SSSR count). The Morgan fingerprint density at radius 2 is 2.00 bits per heavy atom. The van der Waals surface area contributed by atoms with Crippen LogP contribution in [0.3, 0.4) is 0 Å². The highest BCUT2D eigenvalue weighted by atomic mass is 19.4. The molecule has 29 heavy (non-hydrogen) atoms. The fraction of sp³-hybridized carbons (Fsp3) is 0.500. The Morgan fingerprint density at radius 1 is 1.31 bits per heavy atom. The van der Waals surface area contributed by atoms with Crippen LogP contribution in [-0.2, 0) is 10.9 Å². The average molecular weight is 418 g/mol. The Kier molecular flexibility index (Phi) is 5.76. The summed E-state index contributed by atoms with van der Waals surface area (Å²) in [7, 11) is 0. The van der Waals surface area contributed by atoms with Gasteiger partial charge < -0.3 is 10.1 Å². The first-order chi connectivity index (χ1) is 13.6. The van der Waals surface area contributed by atoms with Crippen molar-refractivity contribution in [1.82, 2.24) is 14.8 Å². The number of nitrogens with zero attached hydrogens (tertiary/aromatic N) is 3. The third-order valence-corrected chi connectivity index (χ3v) is 4.51. The molecule has 6 nitrogen and oxygen atoms in total. The highest BCUT2D eigenvalue weighted by molar-refractivity contribution is 5.90. The zero-order valence-corrected chi connectivity index (χ0v) is 15.5. The summed E-state index contributed by atoms with van der Waals surface area (Å²) < 4.78 is 71.0. The molecule has 0 bridgehead atoms. The van der Waals surface area contributed by atoms with Gasteiger partial charge in [0, 0.05) is 25.1 Å². The van der Waals surface area contributed by atoms with E-state index in [1.54, 1.807) is 6.92 Å². The van der Waals surface area contributed by atoms with E-state index in [9.17, 15) is 26.7 Å². The molecule has 0 saturated heterocycles. The summed E-state index contributed by atoms with van der Waals surface area (Å²) >= 11 is 0. The van der Waals surface area contributed by atoms with Gasteiger partial charge in [-0.15, -0.1) is 0 Å². The van der Waals surface area contributed by atoms with Gasteiger partial charge in [-0.25, -0.2) is 23.2 Å². The van der Waals surface area contributed by atoms with Gasteiger partial charge in [-0.1, -0.05) is 0 Å². The number of hydrogen-bond donors (Lipinski definition) is 1. The molecular weight excluding hydrogens is 399 g/mol. The number of alkyl halides is 5. The smallest absolute Gasteiger partial charge is 0.435 e. The Balaban J connectivity index is 1.90. The molecule has 0 unspecified atom stereocenters. The second-order valence-corrected chi connectivity index (χ2v) is 6.74. The van der Waals surface area contributed by atoms with Gasteiger partial charge in [0.1, 0.15) is 5.82 Å². The number of carbonyl (C=O) groups excluding carboxylic acids is 1. The maximum absolute atomic E-state index is 13.3. The van der Waals surface area contributed by atoms with Crippen LogP contribution in [0.25, 0.3) is 5.82 Å². The van der Waals surface area contributed by atoms with Crippen LogP contribution in [0.4, 0.5) is 27.8 Å². The molecule has 1 fully saturated rings. The van der Waals surface area contributed by atoms with E-state index < -0.39 is 23.8 Å². The maximum atomic E-state index is 13.3. The maximum Gasteiger partial charge on any atom is 0.435 e. The normalized spacial score (nSPS) is 17.2. The molecule has 0 atom stereocenters. The lowest BCUT2D eigenvalue weighted by Crippen LogP contribution is -2.32. The minimum atomic E-state index is -4.63. The number of aromatic nitrogens is 3. The molecule has 0 radical (unpaired) electrons.